The number of hydrogen-bond acceptors (Lipinski definition) is 3. The Morgan fingerprint density at radius 2 is 1.95 bits per heavy atom. The first-order valence-electron chi connectivity index (χ1n) is 6.68. The number of nitrogens with one attached hydrogen (secondary N) is 1. The molecule has 2 N–H and O–H groups in total. The first kappa shape index (κ1) is 15.5. The number of aliphatic hydroxyl groups is 1. The van der Waals surface area contributed by atoms with Crippen LogP contribution >= 0.6 is 0 Å². The Bertz CT molecular complexity index is 387. The highest BCUT2D eigenvalue weighted by Gasteiger charge is 2.15. The average Bonchev–Trinajstić information content (AvgIpc) is 2.42. The van der Waals surface area contributed by atoms with Crippen molar-refractivity contribution in [3.8, 4) is 5.75 Å². The molecule has 0 spiro atoms. The summed E-state index contributed by atoms with van der Waals surface area (Å²) in [5.41, 5.74) is 1.23. The Hall–Kier alpha value is -1.55. The summed E-state index contributed by atoms with van der Waals surface area (Å²) < 4.78 is 5.40. The van der Waals surface area contributed by atoms with E-state index in [1.165, 1.54) is 5.56 Å². The number of ether oxygens (including phenoxy) is 1. The van der Waals surface area contributed by atoms with E-state index in [4.69, 9.17) is 9.84 Å². The predicted octanol–water partition coefficient (Wildman–Crippen LogP) is 1.76. The summed E-state index contributed by atoms with van der Waals surface area (Å²) >= 11 is 0. The first-order valence-corrected chi connectivity index (χ1v) is 6.68. The maximum absolute atomic E-state index is 11.7. The molecule has 1 amide bonds. The lowest BCUT2D eigenvalue weighted by molar-refractivity contribution is -0.124. The van der Waals surface area contributed by atoms with E-state index in [9.17, 15) is 4.79 Å². The zero-order valence-electron chi connectivity index (χ0n) is 11.8. The predicted molar refractivity (Wildman–Crippen MR) is 75.2 cm³/mol. The van der Waals surface area contributed by atoms with Gasteiger partial charge in [-0.2, -0.15) is 0 Å². The van der Waals surface area contributed by atoms with Gasteiger partial charge in [0.25, 0.3) is 5.91 Å². The van der Waals surface area contributed by atoms with Crippen molar-refractivity contribution in [3.05, 3.63) is 29.8 Å². The number of carbonyl (C=O) groups excluding carboxylic acids is 1. The second-order valence-electron chi connectivity index (χ2n) is 4.89. The van der Waals surface area contributed by atoms with E-state index in [0.717, 1.165) is 6.42 Å². The van der Waals surface area contributed by atoms with Gasteiger partial charge in [-0.1, -0.05) is 32.9 Å². The van der Waals surface area contributed by atoms with E-state index in [0.29, 0.717) is 5.75 Å². The maximum atomic E-state index is 11.7. The molecule has 0 aliphatic carbocycles. The summed E-state index contributed by atoms with van der Waals surface area (Å²) in [4.78, 5) is 11.7. The molecule has 4 heteroatoms. The van der Waals surface area contributed by atoms with Crippen LogP contribution in [0.25, 0.3) is 0 Å². The minimum absolute atomic E-state index is 0.0330. The van der Waals surface area contributed by atoms with Gasteiger partial charge >= 0.3 is 0 Å². The van der Waals surface area contributed by atoms with Crippen molar-refractivity contribution >= 4 is 5.91 Å². The molecule has 0 saturated heterocycles. The summed E-state index contributed by atoms with van der Waals surface area (Å²) in [6.45, 7) is 5.89. The third kappa shape index (κ3) is 5.30. The SMILES string of the molecule is CCc1ccc(OCC(=O)N[C@H](CO)C(C)C)cc1. The van der Waals surface area contributed by atoms with Crippen LogP contribution in [0.5, 0.6) is 5.75 Å². The summed E-state index contributed by atoms with van der Waals surface area (Å²) in [5.74, 6) is 0.655. The van der Waals surface area contributed by atoms with E-state index in [-0.39, 0.29) is 31.1 Å². The normalized spacial score (nSPS) is 12.3. The molecule has 4 nitrogen and oxygen atoms in total. The Morgan fingerprint density at radius 3 is 2.42 bits per heavy atom. The Morgan fingerprint density at radius 1 is 1.32 bits per heavy atom. The smallest absolute Gasteiger partial charge is 0.258 e. The van der Waals surface area contributed by atoms with Gasteiger partial charge in [0.2, 0.25) is 0 Å². The van der Waals surface area contributed by atoms with Crippen molar-refractivity contribution in [2.75, 3.05) is 13.2 Å². The fourth-order valence-corrected chi connectivity index (χ4v) is 1.64. The van der Waals surface area contributed by atoms with Crippen molar-refractivity contribution in [3.63, 3.8) is 0 Å². The van der Waals surface area contributed by atoms with Gasteiger partial charge in [0.15, 0.2) is 6.61 Å². The molecule has 0 aliphatic heterocycles. The van der Waals surface area contributed by atoms with Crippen molar-refractivity contribution in [1.29, 1.82) is 0 Å². The molecule has 0 bridgehead atoms. The highest BCUT2D eigenvalue weighted by molar-refractivity contribution is 5.77. The fraction of sp³-hybridized carbons (Fsp3) is 0.533. The van der Waals surface area contributed by atoms with Gasteiger partial charge in [-0.3, -0.25) is 4.79 Å². The minimum atomic E-state index is -0.224. The van der Waals surface area contributed by atoms with Crippen molar-refractivity contribution in [2.24, 2.45) is 5.92 Å². The second kappa shape index (κ2) is 7.79. The molecule has 0 aliphatic rings. The molecule has 106 valence electrons. The van der Waals surface area contributed by atoms with Crippen LogP contribution < -0.4 is 10.1 Å². The number of rotatable bonds is 7. The van der Waals surface area contributed by atoms with Crippen LogP contribution in [-0.2, 0) is 11.2 Å². The molecule has 1 aromatic rings. The molecule has 1 aromatic carbocycles. The quantitative estimate of drug-likeness (QED) is 0.790. The molecule has 19 heavy (non-hydrogen) atoms. The number of aryl methyl sites for hydroxylation is 1. The van der Waals surface area contributed by atoms with Crippen LogP contribution in [0, 0.1) is 5.92 Å². The van der Waals surface area contributed by atoms with Crippen LogP contribution in [0.4, 0.5) is 0 Å². The molecular weight excluding hydrogens is 242 g/mol. The molecule has 0 fully saturated rings. The highest BCUT2D eigenvalue weighted by atomic mass is 16.5. The van der Waals surface area contributed by atoms with Gasteiger partial charge in [-0.05, 0) is 30.0 Å². The molecule has 1 rings (SSSR count). The monoisotopic (exact) mass is 265 g/mol. The molecule has 1 atom stereocenters. The van der Waals surface area contributed by atoms with Crippen LogP contribution in [0.1, 0.15) is 26.3 Å². The van der Waals surface area contributed by atoms with Crippen LogP contribution in [-0.4, -0.2) is 30.3 Å². The topological polar surface area (TPSA) is 58.6 Å². The summed E-state index contributed by atoms with van der Waals surface area (Å²) in [6.07, 6.45) is 0.979. The van der Waals surface area contributed by atoms with Gasteiger partial charge in [-0.15, -0.1) is 0 Å². The van der Waals surface area contributed by atoms with Crippen molar-refractivity contribution in [1.82, 2.24) is 5.32 Å². The Labute approximate surface area is 114 Å². The molecule has 0 radical (unpaired) electrons. The number of carbonyl (C=O) groups is 1. The number of aliphatic hydroxyl groups excluding tert-OH is 1. The Balaban J connectivity index is 2.40. The van der Waals surface area contributed by atoms with Gasteiger partial charge in [0, 0.05) is 0 Å². The van der Waals surface area contributed by atoms with Gasteiger partial charge < -0.3 is 15.2 Å². The van der Waals surface area contributed by atoms with Crippen LogP contribution in [0.15, 0.2) is 24.3 Å². The molecule has 0 saturated carbocycles. The zero-order chi connectivity index (χ0) is 14.3. The van der Waals surface area contributed by atoms with Crippen molar-refractivity contribution < 1.29 is 14.6 Å². The molecule has 0 heterocycles. The lowest BCUT2D eigenvalue weighted by Gasteiger charge is -2.19. The second-order valence-corrected chi connectivity index (χ2v) is 4.89. The average molecular weight is 265 g/mol. The largest absolute Gasteiger partial charge is 0.484 e. The minimum Gasteiger partial charge on any atom is -0.484 e. The third-order valence-electron chi connectivity index (χ3n) is 3.05. The van der Waals surface area contributed by atoms with Crippen LogP contribution in [0.3, 0.4) is 0 Å². The lowest BCUT2D eigenvalue weighted by atomic mass is 10.1. The third-order valence-corrected chi connectivity index (χ3v) is 3.05. The standard InChI is InChI=1S/C15H23NO3/c1-4-12-5-7-13(8-6-12)19-10-15(18)16-14(9-17)11(2)3/h5-8,11,14,17H,4,9-10H2,1-3H3,(H,16,18)/t14-/m1/s1. The summed E-state index contributed by atoms with van der Waals surface area (Å²) in [6, 6.07) is 7.46. The number of benzene rings is 1. The van der Waals surface area contributed by atoms with Crippen molar-refractivity contribution in [2.45, 2.75) is 33.2 Å². The van der Waals surface area contributed by atoms with E-state index in [1.54, 1.807) is 0 Å². The lowest BCUT2D eigenvalue weighted by Crippen LogP contribution is -2.43. The summed E-state index contributed by atoms with van der Waals surface area (Å²) in [7, 11) is 0. The first-order chi connectivity index (χ1) is 9.06. The summed E-state index contributed by atoms with van der Waals surface area (Å²) in [5, 5.41) is 11.9. The van der Waals surface area contributed by atoms with Gasteiger partial charge in [-0.25, -0.2) is 0 Å². The molecule has 0 unspecified atom stereocenters. The number of amides is 1. The van der Waals surface area contributed by atoms with Gasteiger partial charge in [0.1, 0.15) is 5.75 Å². The van der Waals surface area contributed by atoms with E-state index in [2.05, 4.69) is 12.2 Å². The zero-order valence-corrected chi connectivity index (χ0v) is 11.8. The molecular formula is C15H23NO3. The molecule has 0 aromatic heterocycles. The Kier molecular flexibility index (Phi) is 6.36. The maximum Gasteiger partial charge on any atom is 0.258 e. The van der Waals surface area contributed by atoms with Crippen LogP contribution in [0.2, 0.25) is 0 Å². The van der Waals surface area contributed by atoms with E-state index < -0.39 is 0 Å². The van der Waals surface area contributed by atoms with E-state index in [1.807, 2.05) is 38.1 Å². The van der Waals surface area contributed by atoms with Gasteiger partial charge in [0.05, 0.1) is 12.6 Å². The number of hydrogen-bond donors (Lipinski definition) is 2. The van der Waals surface area contributed by atoms with E-state index >= 15 is 0 Å². The fourth-order valence-electron chi connectivity index (χ4n) is 1.64. The highest BCUT2D eigenvalue weighted by Crippen LogP contribution is 2.12.